The van der Waals surface area contributed by atoms with E-state index < -0.39 is 0 Å². The maximum absolute atomic E-state index is 9.05. The van der Waals surface area contributed by atoms with E-state index in [9.17, 15) is 0 Å². The Balaban J connectivity index is 1.98. The maximum Gasteiger partial charge on any atom is 0.225 e. The second-order valence-corrected chi connectivity index (χ2v) is 5.94. The molecule has 0 radical (unpaired) electrons. The average molecular weight is 329 g/mol. The van der Waals surface area contributed by atoms with Gasteiger partial charge in [-0.25, -0.2) is 4.98 Å². The molecule has 3 rings (SSSR count). The molecule has 0 aliphatic rings. The van der Waals surface area contributed by atoms with Crippen LogP contribution in [0.1, 0.15) is 19.4 Å². The van der Waals surface area contributed by atoms with E-state index >= 15 is 0 Å². The SMILES string of the molecule is CC(C)Nc1nc(Nc2cccc(C#N)c2)cc(-c2ccccc2)n1. The van der Waals surface area contributed by atoms with Crippen molar-refractivity contribution in [3.63, 3.8) is 0 Å². The molecular formula is C20H19N5. The van der Waals surface area contributed by atoms with Crippen molar-refractivity contribution in [1.82, 2.24) is 9.97 Å². The van der Waals surface area contributed by atoms with Gasteiger partial charge in [-0.15, -0.1) is 0 Å². The van der Waals surface area contributed by atoms with Crippen molar-refractivity contribution in [2.24, 2.45) is 0 Å². The molecule has 124 valence electrons. The van der Waals surface area contributed by atoms with Gasteiger partial charge in [-0.3, -0.25) is 0 Å². The van der Waals surface area contributed by atoms with Gasteiger partial charge >= 0.3 is 0 Å². The summed E-state index contributed by atoms with van der Waals surface area (Å²) >= 11 is 0. The molecule has 1 aromatic heterocycles. The second kappa shape index (κ2) is 7.45. The first kappa shape index (κ1) is 16.5. The van der Waals surface area contributed by atoms with Crippen LogP contribution in [0.25, 0.3) is 11.3 Å². The van der Waals surface area contributed by atoms with Gasteiger partial charge in [0.15, 0.2) is 0 Å². The van der Waals surface area contributed by atoms with Crippen LogP contribution in [0.15, 0.2) is 60.7 Å². The number of nitriles is 1. The summed E-state index contributed by atoms with van der Waals surface area (Å²) in [6, 6.07) is 21.5. The van der Waals surface area contributed by atoms with Crippen molar-refractivity contribution in [1.29, 1.82) is 5.26 Å². The summed E-state index contributed by atoms with van der Waals surface area (Å²) in [5.74, 6) is 1.24. The van der Waals surface area contributed by atoms with Crippen LogP contribution in [-0.2, 0) is 0 Å². The Morgan fingerprint density at radius 3 is 2.48 bits per heavy atom. The molecule has 1 heterocycles. The normalized spacial score (nSPS) is 10.3. The molecule has 0 fully saturated rings. The predicted molar refractivity (Wildman–Crippen MR) is 101 cm³/mol. The molecule has 0 saturated carbocycles. The van der Waals surface area contributed by atoms with E-state index in [4.69, 9.17) is 5.26 Å². The summed E-state index contributed by atoms with van der Waals surface area (Å²) in [5, 5.41) is 15.6. The third-order valence-corrected chi connectivity index (χ3v) is 3.48. The van der Waals surface area contributed by atoms with Crippen molar-refractivity contribution < 1.29 is 0 Å². The highest BCUT2D eigenvalue weighted by atomic mass is 15.2. The van der Waals surface area contributed by atoms with Crippen LogP contribution < -0.4 is 10.6 Å². The molecule has 0 spiro atoms. The van der Waals surface area contributed by atoms with Crippen LogP contribution in [0, 0.1) is 11.3 Å². The molecule has 0 unspecified atom stereocenters. The molecule has 5 nitrogen and oxygen atoms in total. The minimum atomic E-state index is 0.223. The first-order valence-electron chi connectivity index (χ1n) is 8.12. The second-order valence-electron chi connectivity index (χ2n) is 5.94. The Labute approximate surface area is 147 Å². The fourth-order valence-corrected chi connectivity index (χ4v) is 2.41. The third kappa shape index (κ3) is 4.33. The minimum absolute atomic E-state index is 0.223. The van der Waals surface area contributed by atoms with Crippen molar-refractivity contribution in [3.05, 3.63) is 66.2 Å². The summed E-state index contributed by atoms with van der Waals surface area (Å²) in [4.78, 5) is 9.14. The predicted octanol–water partition coefficient (Wildman–Crippen LogP) is 4.58. The Morgan fingerprint density at radius 2 is 1.76 bits per heavy atom. The molecule has 0 amide bonds. The highest BCUT2D eigenvalue weighted by molar-refractivity contribution is 5.67. The van der Waals surface area contributed by atoms with Gasteiger partial charge in [0, 0.05) is 23.4 Å². The van der Waals surface area contributed by atoms with Crippen LogP contribution >= 0.6 is 0 Å². The molecule has 2 N–H and O–H groups in total. The molecule has 2 aromatic carbocycles. The number of hydrogen-bond acceptors (Lipinski definition) is 5. The summed E-state index contributed by atoms with van der Waals surface area (Å²) < 4.78 is 0. The highest BCUT2D eigenvalue weighted by Crippen LogP contribution is 2.24. The summed E-state index contributed by atoms with van der Waals surface area (Å²) in [7, 11) is 0. The van der Waals surface area contributed by atoms with Gasteiger partial charge in [0.25, 0.3) is 0 Å². The lowest BCUT2D eigenvalue weighted by atomic mass is 10.1. The van der Waals surface area contributed by atoms with Crippen molar-refractivity contribution in [3.8, 4) is 17.3 Å². The summed E-state index contributed by atoms with van der Waals surface area (Å²) in [6.45, 7) is 4.09. The lowest BCUT2D eigenvalue weighted by Crippen LogP contribution is -2.13. The molecule has 0 atom stereocenters. The number of anilines is 3. The number of hydrogen-bond donors (Lipinski definition) is 2. The van der Waals surface area contributed by atoms with E-state index in [2.05, 4.69) is 26.7 Å². The summed E-state index contributed by atoms with van der Waals surface area (Å²) in [5.41, 5.74) is 3.26. The first-order valence-corrected chi connectivity index (χ1v) is 8.12. The molecule has 5 heteroatoms. The zero-order valence-electron chi connectivity index (χ0n) is 14.2. The fraction of sp³-hybridized carbons (Fsp3) is 0.150. The Kier molecular flexibility index (Phi) is 4.91. The number of nitrogens with zero attached hydrogens (tertiary/aromatic N) is 3. The Morgan fingerprint density at radius 1 is 0.960 bits per heavy atom. The molecule has 0 aliphatic carbocycles. The van der Waals surface area contributed by atoms with Crippen LogP contribution in [0.5, 0.6) is 0 Å². The molecular weight excluding hydrogens is 310 g/mol. The quantitative estimate of drug-likeness (QED) is 0.717. The van der Waals surface area contributed by atoms with Gasteiger partial charge in [-0.05, 0) is 32.0 Å². The topological polar surface area (TPSA) is 73.6 Å². The average Bonchev–Trinajstić information content (AvgIpc) is 2.62. The molecule has 0 aliphatic heterocycles. The minimum Gasteiger partial charge on any atom is -0.352 e. The monoisotopic (exact) mass is 329 g/mol. The number of nitrogens with one attached hydrogen (secondary N) is 2. The molecule has 3 aromatic rings. The third-order valence-electron chi connectivity index (χ3n) is 3.48. The molecule has 0 bridgehead atoms. The Bertz CT molecular complexity index is 897. The van der Waals surface area contributed by atoms with Gasteiger partial charge in [0.2, 0.25) is 5.95 Å². The van der Waals surface area contributed by atoms with Crippen LogP contribution in [0.2, 0.25) is 0 Å². The van der Waals surface area contributed by atoms with Crippen molar-refractivity contribution in [2.75, 3.05) is 10.6 Å². The van der Waals surface area contributed by atoms with Gasteiger partial charge in [-0.2, -0.15) is 10.2 Å². The Hall–Kier alpha value is -3.39. The van der Waals surface area contributed by atoms with E-state index in [-0.39, 0.29) is 6.04 Å². The van der Waals surface area contributed by atoms with E-state index in [1.807, 2.05) is 62.4 Å². The van der Waals surface area contributed by atoms with E-state index in [0.29, 0.717) is 17.3 Å². The van der Waals surface area contributed by atoms with Gasteiger partial charge in [0.05, 0.1) is 17.3 Å². The van der Waals surface area contributed by atoms with E-state index in [1.165, 1.54) is 0 Å². The lowest BCUT2D eigenvalue weighted by molar-refractivity contribution is 0.876. The standard InChI is InChI=1S/C20H19N5/c1-14(2)22-20-24-18(16-8-4-3-5-9-16)12-19(25-20)23-17-10-6-7-15(11-17)13-21/h3-12,14H,1-2H3,(H2,22,23,24,25). The van der Waals surface area contributed by atoms with Gasteiger partial charge < -0.3 is 10.6 Å². The smallest absolute Gasteiger partial charge is 0.225 e. The molecule has 25 heavy (non-hydrogen) atoms. The maximum atomic E-state index is 9.05. The van der Waals surface area contributed by atoms with Gasteiger partial charge in [0.1, 0.15) is 5.82 Å². The highest BCUT2D eigenvalue weighted by Gasteiger charge is 2.08. The number of aromatic nitrogens is 2. The number of benzene rings is 2. The zero-order valence-corrected chi connectivity index (χ0v) is 14.2. The fourth-order valence-electron chi connectivity index (χ4n) is 2.41. The van der Waals surface area contributed by atoms with Crippen molar-refractivity contribution in [2.45, 2.75) is 19.9 Å². The summed E-state index contributed by atoms with van der Waals surface area (Å²) in [6.07, 6.45) is 0. The van der Waals surface area contributed by atoms with Crippen LogP contribution in [0.4, 0.5) is 17.5 Å². The van der Waals surface area contributed by atoms with Gasteiger partial charge in [-0.1, -0.05) is 36.4 Å². The molecule has 0 saturated heterocycles. The van der Waals surface area contributed by atoms with Crippen LogP contribution in [-0.4, -0.2) is 16.0 Å². The first-order chi connectivity index (χ1) is 12.1. The zero-order chi connectivity index (χ0) is 17.6. The lowest BCUT2D eigenvalue weighted by Gasteiger charge is -2.13. The van der Waals surface area contributed by atoms with E-state index in [0.717, 1.165) is 16.9 Å². The number of rotatable bonds is 5. The van der Waals surface area contributed by atoms with Crippen LogP contribution in [0.3, 0.4) is 0 Å². The van der Waals surface area contributed by atoms with Crippen molar-refractivity contribution >= 4 is 17.5 Å². The van der Waals surface area contributed by atoms with E-state index in [1.54, 1.807) is 12.1 Å². The largest absolute Gasteiger partial charge is 0.352 e.